The molecule has 8 rings (SSSR count). The van der Waals surface area contributed by atoms with E-state index in [2.05, 4.69) is 146 Å². The second-order valence-corrected chi connectivity index (χ2v) is 11.7. The van der Waals surface area contributed by atoms with Gasteiger partial charge in [-0.05, 0) is 44.8 Å². The number of benzene rings is 6. The Morgan fingerprint density at radius 1 is 0.475 bits per heavy atom. The highest BCUT2D eigenvalue weighted by Crippen LogP contribution is 2.51. The number of hydrogen-bond acceptors (Lipinski definition) is 2. The molecule has 1 aromatic heterocycles. The predicted molar refractivity (Wildman–Crippen MR) is 170 cm³/mol. The lowest BCUT2D eigenvalue weighted by Gasteiger charge is -2.12. The van der Waals surface area contributed by atoms with E-state index < -0.39 is 8.01 Å². The van der Waals surface area contributed by atoms with Gasteiger partial charge in [0.2, 0.25) is 8.01 Å². The van der Waals surface area contributed by atoms with Crippen molar-refractivity contribution in [2.75, 3.05) is 0 Å². The SMILES string of the molecule is C1=CC(p2oc3c(-c4ccccc4)cc4ccccc4c3c3c(o2)c(-c2ccccc2)cc2ccccc23)C=C1. The van der Waals surface area contributed by atoms with Crippen LogP contribution in [0.1, 0.15) is 5.66 Å². The van der Waals surface area contributed by atoms with E-state index in [9.17, 15) is 0 Å². The van der Waals surface area contributed by atoms with Gasteiger partial charge in [-0.15, -0.1) is 0 Å². The second-order valence-electron chi connectivity index (χ2n) is 10.2. The van der Waals surface area contributed by atoms with Gasteiger partial charge in [0, 0.05) is 21.9 Å². The molecular formula is C37H25O2P. The number of hydrogen-bond donors (Lipinski definition) is 0. The highest BCUT2D eigenvalue weighted by Gasteiger charge is 2.22. The average Bonchev–Trinajstić information content (AvgIpc) is 3.50. The molecule has 0 spiro atoms. The zero-order valence-electron chi connectivity index (χ0n) is 21.7. The lowest BCUT2D eigenvalue weighted by molar-refractivity contribution is 0.635. The van der Waals surface area contributed by atoms with Crippen molar-refractivity contribution in [2.24, 2.45) is 0 Å². The highest BCUT2D eigenvalue weighted by atomic mass is 31.1. The van der Waals surface area contributed by atoms with Crippen LogP contribution in [-0.4, -0.2) is 0 Å². The molecule has 1 heterocycles. The van der Waals surface area contributed by atoms with Gasteiger partial charge in [-0.2, -0.15) is 0 Å². The third-order valence-electron chi connectivity index (χ3n) is 7.76. The van der Waals surface area contributed by atoms with Crippen LogP contribution in [0.4, 0.5) is 0 Å². The van der Waals surface area contributed by atoms with Crippen molar-refractivity contribution in [1.82, 2.24) is 0 Å². The molecule has 0 amide bonds. The summed E-state index contributed by atoms with van der Waals surface area (Å²) in [5.41, 5.74) is 6.25. The Morgan fingerprint density at radius 2 is 0.900 bits per heavy atom. The molecule has 0 saturated carbocycles. The Labute approximate surface area is 233 Å². The molecule has 0 atom stereocenters. The fraction of sp³-hybridized carbons (Fsp3) is 0.0270. The number of rotatable bonds is 3. The van der Waals surface area contributed by atoms with Crippen LogP contribution < -0.4 is 0 Å². The van der Waals surface area contributed by atoms with E-state index in [4.69, 9.17) is 8.39 Å². The van der Waals surface area contributed by atoms with Crippen molar-refractivity contribution >= 4 is 51.5 Å². The fourth-order valence-electron chi connectivity index (χ4n) is 5.89. The van der Waals surface area contributed by atoms with Gasteiger partial charge >= 0.3 is 0 Å². The summed E-state index contributed by atoms with van der Waals surface area (Å²) in [7, 11) is -1.37. The zero-order valence-corrected chi connectivity index (χ0v) is 22.6. The first kappa shape index (κ1) is 23.1. The van der Waals surface area contributed by atoms with Crippen LogP contribution in [0, 0.1) is 0 Å². The summed E-state index contributed by atoms with van der Waals surface area (Å²) in [5, 5.41) is 6.86. The first-order valence-corrected chi connectivity index (χ1v) is 14.8. The summed E-state index contributed by atoms with van der Waals surface area (Å²) >= 11 is 0. The van der Waals surface area contributed by atoms with Gasteiger partial charge in [-0.3, -0.25) is 0 Å². The molecule has 0 aliphatic heterocycles. The van der Waals surface area contributed by atoms with Gasteiger partial charge in [0.15, 0.2) is 11.2 Å². The summed E-state index contributed by atoms with van der Waals surface area (Å²) in [6, 6.07) is 42.9. The van der Waals surface area contributed by atoms with E-state index in [0.717, 1.165) is 55.0 Å². The van der Waals surface area contributed by atoms with Gasteiger partial charge in [-0.1, -0.05) is 133 Å². The third kappa shape index (κ3) is 3.72. The normalized spacial score (nSPS) is 13.2. The summed E-state index contributed by atoms with van der Waals surface area (Å²) in [6.45, 7) is 0. The first-order chi connectivity index (χ1) is 19.8. The van der Waals surface area contributed by atoms with E-state index >= 15 is 0 Å². The van der Waals surface area contributed by atoms with Gasteiger partial charge < -0.3 is 8.39 Å². The molecule has 6 aromatic carbocycles. The van der Waals surface area contributed by atoms with Crippen LogP contribution >= 0.6 is 8.01 Å². The van der Waals surface area contributed by atoms with Crippen LogP contribution in [0.5, 0.6) is 0 Å². The molecule has 190 valence electrons. The molecule has 0 unspecified atom stereocenters. The van der Waals surface area contributed by atoms with E-state index in [1.54, 1.807) is 0 Å². The molecule has 0 fully saturated rings. The Bertz CT molecular complexity index is 2000. The van der Waals surface area contributed by atoms with Crippen LogP contribution in [-0.2, 0) is 0 Å². The lowest BCUT2D eigenvalue weighted by atomic mass is 9.91. The van der Waals surface area contributed by atoms with Crippen molar-refractivity contribution in [3.63, 3.8) is 0 Å². The van der Waals surface area contributed by atoms with E-state index in [-0.39, 0.29) is 5.66 Å². The van der Waals surface area contributed by atoms with Gasteiger partial charge in [-0.25, -0.2) is 0 Å². The summed E-state index contributed by atoms with van der Waals surface area (Å²) < 4.78 is 14.2. The quantitative estimate of drug-likeness (QED) is 0.226. The van der Waals surface area contributed by atoms with Crippen molar-refractivity contribution in [2.45, 2.75) is 5.66 Å². The maximum absolute atomic E-state index is 7.10. The van der Waals surface area contributed by atoms with Gasteiger partial charge in [0.25, 0.3) is 0 Å². The third-order valence-corrected chi connectivity index (χ3v) is 9.31. The van der Waals surface area contributed by atoms with Crippen molar-refractivity contribution < 1.29 is 8.39 Å². The largest absolute Gasteiger partial charge is 0.418 e. The monoisotopic (exact) mass is 532 g/mol. The Hall–Kier alpha value is -4.78. The lowest BCUT2D eigenvalue weighted by Crippen LogP contribution is -1.87. The zero-order chi connectivity index (χ0) is 26.5. The smallest absolute Gasteiger partial charge is 0.228 e. The maximum Gasteiger partial charge on any atom is 0.228 e. The molecule has 1 aliphatic rings. The van der Waals surface area contributed by atoms with Crippen LogP contribution in [0.25, 0.3) is 65.7 Å². The topological polar surface area (TPSA) is 26.3 Å². The summed E-state index contributed by atoms with van der Waals surface area (Å²) in [4.78, 5) is 0. The maximum atomic E-state index is 7.10. The molecule has 1 aliphatic carbocycles. The van der Waals surface area contributed by atoms with Crippen LogP contribution in [0.15, 0.2) is 154 Å². The molecule has 0 N–H and O–H groups in total. The Kier molecular flexibility index (Phi) is 5.47. The molecule has 0 radical (unpaired) electrons. The second kappa shape index (κ2) is 9.45. The molecule has 7 aromatic rings. The van der Waals surface area contributed by atoms with Crippen molar-refractivity contribution in [1.29, 1.82) is 0 Å². The van der Waals surface area contributed by atoms with E-state index in [1.165, 1.54) is 10.8 Å². The molecule has 3 heteroatoms. The molecule has 0 saturated heterocycles. The highest BCUT2D eigenvalue weighted by molar-refractivity contribution is 7.38. The first-order valence-electron chi connectivity index (χ1n) is 13.6. The van der Waals surface area contributed by atoms with Crippen LogP contribution in [0.2, 0.25) is 0 Å². The van der Waals surface area contributed by atoms with Crippen molar-refractivity contribution in [3.05, 3.63) is 146 Å². The van der Waals surface area contributed by atoms with Crippen molar-refractivity contribution in [3.8, 4) is 22.3 Å². The Balaban J connectivity index is 1.70. The number of fused-ring (bicyclic) bond motifs is 7. The minimum Gasteiger partial charge on any atom is -0.418 e. The van der Waals surface area contributed by atoms with Crippen LogP contribution in [0.3, 0.4) is 0 Å². The van der Waals surface area contributed by atoms with Gasteiger partial charge in [0.05, 0.1) is 5.66 Å². The average molecular weight is 533 g/mol. The fourth-order valence-corrected chi connectivity index (χ4v) is 7.39. The summed E-state index contributed by atoms with van der Waals surface area (Å²) in [5.74, 6) is 0. The summed E-state index contributed by atoms with van der Waals surface area (Å²) in [6.07, 6.45) is 8.54. The predicted octanol–water partition coefficient (Wildman–Crippen LogP) is 11.6. The minimum atomic E-state index is -1.37. The standard InChI is InChI=1S/C37H25O2P/c1-3-13-25(14-4-1)32-23-27-17-7-11-21-30(27)34-35-31-22-12-8-18-28(31)24-33(26-15-5-2-6-16-26)37(35)39-40(38-36(32)34)29-19-9-10-20-29/h1-24,29H. The van der Waals surface area contributed by atoms with E-state index in [1.807, 2.05) is 0 Å². The van der Waals surface area contributed by atoms with Gasteiger partial charge in [0.1, 0.15) is 0 Å². The Morgan fingerprint density at radius 3 is 1.38 bits per heavy atom. The molecular weight excluding hydrogens is 507 g/mol. The number of allylic oxidation sites excluding steroid dienone is 4. The minimum absolute atomic E-state index is 0.0546. The molecule has 2 nitrogen and oxygen atoms in total. The molecule has 0 bridgehead atoms. The van der Waals surface area contributed by atoms with E-state index in [0.29, 0.717) is 0 Å². The molecule has 40 heavy (non-hydrogen) atoms.